The molecule has 2 aromatic rings. The fraction of sp³-hybridized carbons (Fsp3) is 0.500. The van der Waals surface area contributed by atoms with E-state index >= 15 is 0 Å². The number of amides is 1. The first kappa shape index (κ1) is 20.9. The van der Waals surface area contributed by atoms with Gasteiger partial charge < -0.3 is 20.0 Å². The van der Waals surface area contributed by atoms with Crippen LogP contribution in [0.15, 0.2) is 39.9 Å². The molecule has 0 radical (unpaired) electrons. The highest BCUT2D eigenvalue weighted by atomic mass is 16.4. The van der Waals surface area contributed by atoms with Crippen LogP contribution in [0.1, 0.15) is 56.4 Å². The summed E-state index contributed by atoms with van der Waals surface area (Å²) < 4.78 is 5.78. The molecule has 29 heavy (non-hydrogen) atoms. The number of nitrogens with zero attached hydrogens (tertiary/aromatic N) is 3. The molecule has 0 bridgehead atoms. The lowest BCUT2D eigenvalue weighted by Gasteiger charge is -2.16. The summed E-state index contributed by atoms with van der Waals surface area (Å²) in [6, 6.07) is 8.24. The smallest absolute Gasteiger partial charge is 0.223 e. The Hall–Kier alpha value is -2.83. The van der Waals surface area contributed by atoms with Crippen molar-refractivity contribution in [1.29, 1.82) is 0 Å². The number of guanidine groups is 1. The first-order valence-corrected chi connectivity index (χ1v) is 10.1. The van der Waals surface area contributed by atoms with E-state index in [4.69, 9.17) is 4.42 Å². The van der Waals surface area contributed by atoms with Crippen molar-refractivity contribution >= 4 is 11.9 Å². The molecule has 7 heteroatoms. The van der Waals surface area contributed by atoms with Gasteiger partial charge in [-0.1, -0.05) is 45.0 Å². The summed E-state index contributed by atoms with van der Waals surface area (Å²) in [6.07, 6.45) is 3.04. The van der Waals surface area contributed by atoms with E-state index in [-0.39, 0.29) is 11.3 Å². The molecule has 1 amide bonds. The lowest BCUT2D eigenvalue weighted by Crippen LogP contribution is -2.37. The van der Waals surface area contributed by atoms with Crippen LogP contribution in [-0.4, -0.2) is 35.3 Å². The normalized spacial score (nSPS) is 14.1. The van der Waals surface area contributed by atoms with Crippen molar-refractivity contribution in [2.75, 3.05) is 13.6 Å². The maximum Gasteiger partial charge on any atom is 0.223 e. The van der Waals surface area contributed by atoms with Gasteiger partial charge >= 0.3 is 0 Å². The average Bonchev–Trinajstić information content (AvgIpc) is 3.34. The van der Waals surface area contributed by atoms with E-state index in [2.05, 4.69) is 53.5 Å². The predicted molar refractivity (Wildman–Crippen MR) is 113 cm³/mol. The van der Waals surface area contributed by atoms with Gasteiger partial charge in [-0.05, 0) is 17.5 Å². The zero-order chi connectivity index (χ0) is 20.9. The summed E-state index contributed by atoms with van der Waals surface area (Å²) in [6.45, 7) is 8.84. The fourth-order valence-corrected chi connectivity index (χ4v) is 3.23. The first-order chi connectivity index (χ1) is 13.9. The van der Waals surface area contributed by atoms with E-state index in [9.17, 15) is 4.79 Å². The van der Waals surface area contributed by atoms with Crippen molar-refractivity contribution in [2.45, 2.75) is 58.7 Å². The van der Waals surface area contributed by atoms with Crippen LogP contribution in [0.5, 0.6) is 0 Å². The number of hydrogen-bond acceptors (Lipinski definition) is 4. The number of carbonyl (C=O) groups is 1. The summed E-state index contributed by atoms with van der Waals surface area (Å²) in [5.74, 6) is 2.35. The number of rotatable bonds is 6. The van der Waals surface area contributed by atoms with Crippen molar-refractivity contribution in [1.82, 2.24) is 20.5 Å². The van der Waals surface area contributed by atoms with Gasteiger partial charge in [0, 0.05) is 38.5 Å². The third kappa shape index (κ3) is 5.59. The van der Waals surface area contributed by atoms with Crippen LogP contribution in [0, 0.1) is 0 Å². The highest BCUT2D eigenvalue weighted by molar-refractivity contribution is 5.80. The number of fused-ring (bicyclic) bond motifs is 1. The molecule has 0 saturated heterocycles. The van der Waals surface area contributed by atoms with Crippen LogP contribution >= 0.6 is 0 Å². The molecule has 0 fully saturated rings. The largest absolute Gasteiger partial charge is 0.443 e. The topological polar surface area (TPSA) is 82.8 Å². The molecule has 3 rings (SSSR count). The Labute approximate surface area is 172 Å². The Bertz CT molecular complexity index is 841. The molecule has 1 aliphatic heterocycles. The lowest BCUT2D eigenvalue weighted by molar-refractivity contribution is -0.131. The Morgan fingerprint density at radius 3 is 2.48 bits per heavy atom. The highest BCUT2D eigenvalue weighted by Crippen LogP contribution is 2.23. The molecule has 1 aliphatic rings. The average molecular weight is 398 g/mol. The van der Waals surface area contributed by atoms with Crippen molar-refractivity contribution in [3.8, 4) is 0 Å². The van der Waals surface area contributed by atoms with Crippen molar-refractivity contribution in [3.63, 3.8) is 0 Å². The number of aliphatic imine (C=N–C) groups is 1. The molecule has 0 aliphatic carbocycles. The van der Waals surface area contributed by atoms with E-state index in [1.165, 1.54) is 11.1 Å². The van der Waals surface area contributed by atoms with Gasteiger partial charge in [0.2, 0.25) is 11.8 Å². The Kier molecular flexibility index (Phi) is 6.56. The summed E-state index contributed by atoms with van der Waals surface area (Å²) in [5.41, 5.74) is 2.45. The molecule has 0 saturated carbocycles. The molecule has 2 N–H and O–H groups in total. The third-order valence-corrected chi connectivity index (χ3v) is 4.98. The van der Waals surface area contributed by atoms with Crippen LogP contribution in [-0.2, 0) is 29.8 Å². The summed E-state index contributed by atoms with van der Waals surface area (Å²) in [7, 11) is 1.72. The van der Waals surface area contributed by atoms with Crippen molar-refractivity contribution in [2.24, 2.45) is 4.99 Å². The van der Waals surface area contributed by atoms with Crippen LogP contribution in [0.2, 0.25) is 0 Å². The quantitative estimate of drug-likeness (QED) is 0.445. The summed E-state index contributed by atoms with van der Waals surface area (Å²) >= 11 is 0. The van der Waals surface area contributed by atoms with E-state index < -0.39 is 0 Å². The van der Waals surface area contributed by atoms with Crippen LogP contribution < -0.4 is 10.6 Å². The molecule has 7 nitrogen and oxygen atoms in total. The maximum absolute atomic E-state index is 12.5. The molecule has 1 aromatic heterocycles. The lowest BCUT2D eigenvalue weighted by atomic mass is 9.94. The zero-order valence-electron chi connectivity index (χ0n) is 17.8. The molecule has 0 atom stereocenters. The molecule has 0 spiro atoms. The first-order valence-electron chi connectivity index (χ1n) is 10.1. The van der Waals surface area contributed by atoms with Gasteiger partial charge in [-0.2, -0.15) is 0 Å². The van der Waals surface area contributed by atoms with Crippen LogP contribution in [0.25, 0.3) is 0 Å². The second-order valence-electron chi connectivity index (χ2n) is 8.34. The SMILES string of the molecule is CN=C(NCCCC(=O)N1Cc2ccccc2C1)NCc1ncc(C(C)(C)C)o1. The molecule has 0 unspecified atom stereocenters. The highest BCUT2D eigenvalue weighted by Gasteiger charge is 2.22. The van der Waals surface area contributed by atoms with Gasteiger partial charge in [0.25, 0.3) is 0 Å². The molecule has 156 valence electrons. The van der Waals surface area contributed by atoms with Crippen molar-refractivity contribution in [3.05, 3.63) is 53.2 Å². The molecule has 1 aromatic carbocycles. The molecular weight excluding hydrogens is 366 g/mol. The minimum Gasteiger partial charge on any atom is -0.443 e. The number of benzene rings is 1. The standard InChI is InChI=1S/C22H31N5O2/c1-22(2,3)18-12-25-19(29-18)13-26-21(23-4)24-11-7-10-20(28)27-14-16-8-5-6-9-17(16)15-27/h5-6,8-9,12H,7,10-11,13-15H2,1-4H3,(H2,23,24,26). The van der Waals surface area contributed by atoms with Crippen LogP contribution in [0.4, 0.5) is 0 Å². The van der Waals surface area contributed by atoms with E-state index in [1.807, 2.05) is 17.0 Å². The fourth-order valence-electron chi connectivity index (χ4n) is 3.23. The summed E-state index contributed by atoms with van der Waals surface area (Å²) in [5, 5.41) is 6.43. The second-order valence-corrected chi connectivity index (χ2v) is 8.34. The number of aromatic nitrogens is 1. The van der Waals surface area contributed by atoms with Gasteiger partial charge in [-0.15, -0.1) is 0 Å². The van der Waals surface area contributed by atoms with Gasteiger partial charge in [-0.3, -0.25) is 9.79 Å². The zero-order valence-corrected chi connectivity index (χ0v) is 17.8. The Balaban J connectivity index is 1.36. The monoisotopic (exact) mass is 397 g/mol. The Morgan fingerprint density at radius 2 is 1.90 bits per heavy atom. The summed E-state index contributed by atoms with van der Waals surface area (Å²) in [4.78, 5) is 22.9. The van der Waals surface area contributed by atoms with E-state index in [0.717, 1.165) is 25.3 Å². The predicted octanol–water partition coefficient (Wildman–Crippen LogP) is 2.96. The van der Waals surface area contributed by atoms with E-state index in [0.29, 0.717) is 31.4 Å². The third-order valence-electron chi connectivity index (χ3n) is 4.98. The number of carbonyl (C=O) groups excluding carboxylic acids is 1. The number of oxazole rings is 1. The number of hydrogen-bond donors (Lipinski definition) is 2. The maximum atomic E-state index is 12.5. The van der Waals surface area contributed by atoms with Gasteiger partial charge in [0.1, 0.15) is 5.76 Å². The van der Waals surface area contributed by atoms with Gasteiger partial charge in [-0.25, -0.2) is 4.98 Å². The van der Waals surface area contributed by atoms with E-state index in [1.54, 1.807) is 13.2 Å². The van der Waals surface area contributed by atoms with Crippen molar-refractivity contribution < 1.29 is 9.21 Å². The minimum atomic E-state index is -0.0611. The molecular formula is C22H31N5O2. The molecule has 2 heterocycles. The Morgan fingerprint density at radius 1 is 1.21 bits per heavy atom. The second kappa shape index (κ2) is 9.11. The van der Waals surface area contributed by atoms with Gasteiger partial charge in [0.15, 0.2) is 5.96 Å². The minimum absolute atomic E-state index is 0.0611. The van der Waals surface area contributed by atoms with Gasteiger partial charge in [0.05, 0.1) is 12.7 Å². The van der Waals surface area contributed by atoms with Crippen LogP contribution in [0.3, 0.4) is 0 Å². The number of nitrogens with one attached hydrogen (secondary N) is 2.